The van der Waals surface area contributed by atoms with Gasteiger partial charge in [-0.25, -0.2) is 0 Å². The van der Waals surface area contributed by atoms with Crippen molar-refractivity contribution in [1.29, 1.82) is 0 Å². The van der Waals surface area contributed by atoms with Gasteiger partial charge in [-0.1, -0.05) is 18.2 Å². The Morgan fingerprint density at radius 2 is 2.15 bits per heavy atom. The zero-order chi connectivity index (χ0) is 9.84. The minimum absolute atomic E-state index is 0.157. The first kappa shape index (κ1) is 10.2. The van der Waals surface area contributed by atoms with Crippen LogP contribution in [0.2, 0.25) is 0 Å². The Bertz CT molecular complexity index is 360. The van der Waals surface area contributed by atoms with Crippen LogP contribution in [-0.4, -0.2) is 4.92 Å². The van der Waals surface area contributed by atoms with E-state index in [-0.39, 0.29) is 10.6 Å². The third-order valence-corrected chi connectivity index (χ3v) is 2.54. The van der Waals surface area contributed by atoms with Crippen molar-refractivity contribution in [2.45, 2.75) is 6.92 Å². The summed E-state index contributed by atoms with van der Waals surface area (Å²) in [4.78, 5) is 9.96. The molecule has 0 spiro atoms. The molecule has 0 bridgehead atoms. The third-order valence-electron chi connectivity index (χ3n) is 1.56. The first-order valence-corrected chi connectivity index (χ1v) is 4.76. The molecule has 13 heavy (non-hydrogen) atoms. The molecular weight excluding hydrogens is 281 g/mol. The SMILES string of the molecule is CC(=Cc1ccccc1I)[N+](=O)[O-]. The van der Waals surface area contributed by atoms with E-state index in [9.17, 15) is 10.1 Å². The van der Waals surface area contributed by atoms with Crippen molar-refractivity contribution in [2.24, 2.45) is 0 Å². The first-order chi connectivity index (χ1) is 6.11. The molecule has 0 aromatic heterocycles. The van der Waals surface area contributed by atoms with Crippen molar-refractivity contribution < 1.29 is 4.92 Å². The van der Waals surface area contributed by atoms with Crippen LogP contribution in [0.1, 0.15) is 12.5 Å². The molecule has 0 unspecified atom stereocenters. The zero-order valence-corrected chi connectivity index (χ0v) is 9.19. The molecule has 0 saturated heterocycles. The summed E-state index contributed by atoms with van der Waals surface area (Å²) in [5.41, 5.74) is 1.04. The van der Waals surface area contributed by atoms with Crippen LogP contribution in [-0.2, 0) is 0 Å². The van der Waals surface area contributed by atoms with Gasteiger partial charge in [-0.05, 0) is 34.2 Å². The molecule has 0 N–H and O–H groups in total. The highest BCUT2D eigenvalue weighted by Gasteiger charge is 2.03. The summed E-state index contributed by atoms with van der Waals surface area (Å²) in [7, 11) is 0. The molecule has 0 fully saturated rings. The molecule has 0 saturated carbocycles. The fraction of sp³-hybridized carbons (Fsp3) is 0.111. The van der Waals surface area contributed by atoms with Gasteiger partial charge in [0.05, 0.1) is 4.92 Å². The Morgan fingerprint density at radius 1 is 1.54 bits per heavy atom. The van der Waals surface area contributed by atoms with Crippen molar-refractivity contribution in [1.82, 2.24) is 0 Å². The second-order valence-electron chi connectivity index (χ2n) is 2.56. The van der Waals surface area contributed by atoms with E-state index in [1.54, 1.807) is 6.08 Å². The van der Waals surface area contributed by atoms with E-state index in [2.05, 4.69) is 22.6 Å². The highest BCUT2D eigenvalue weighted by Crippen LogP contribution is 2.14. The normalized spacial score (nSPS) is 11.4. The highest BCUT2D eigenvalue weighted by molar-refractivity contribution is 14.1. The summed E-state index contributed by atoms with van der Waals surface area (Å²) in [5.74, 6) is 0. The Balaban J connectivity index is 3.04. The number of halogens is 1. The fourth-order valence-electron chi connectivity index (χ4n) is 0.870. The summed E-state index contributed by atoms with van der Waals surface area (Å²) >= 11 is 2.15. The molecule has 1 aromatic carbocycles. The van der Waals surface area contributed by atoms with Crippen molar-refractivity contribution in [3.05, 3.63) is 49.2 Å². The largest absolute Gasteiger partial charge is 0.259 e. The maximum atomic E-state index is 10.3. The smallest absolute Gasteiger partial charge is 0.243 e. The Hall–Kier alpha value is -0.910. The lowest BCUT2D eigenvalue weighted by Crippen LogP contribution is -1.93. The van der Waals surface area contributed by atoms with Crippen molar-refractivity contribution in [2.75, 3.05) is 0 Å². The van der Waals surface area contributed by atoms with Crippen LogP contribution in [0.25, 0.3) is 6.08 Å². The fourth-order valence-corrected chi connectivity index (χ4v) is 1.41. The van der Waals surface area contributed by atoms with Crippen LogP contribution in [0.5, 0.6) is 0 Å². The van der Waals surface area contributed by atoms with E-state index in [1.165, 1.54) is 6.92 Å². The molecular formula is C9H8INO2. The van der Waals surface area contributed by atoms with E-state index in [0.29, 0.717) is 0 Å². The second kappa shape index (κ2) is 4.36. The summed E-state index contributed by atoms with van der Waals surface area (Å²) < 4.78 is 1.02. The standard InChI is InChI=1S/C9H8INO2/c1-7(11(12)13)6-8-4-2-3-5-9(8)10/h2-6H,1H3. The number of allylic oxidation sites excluding steroid dienone is 1. The minimum atomic E-state index is -0.386. The van der Waals surface area contributed by atoms with Crippen molar-refractivity contribution in [3.63, 3.8) is 0 Å². The molecule has 0 aliphatic heterocycles. The lowest BCUT2D eigenvalue weighted by molar-refractivity contribution is -0.422. The van der Waals surface area contributed by atoms with Gasteiger partial charge in [0.25, 0.3) is 0 Å². The van der Waals surface area contributed by atoms with Crippen LogP contribution >= 0.6 is 22.6 Å². The third kappa shape index (κ3) is 2.80. The summed E-state index contributed by atoms with van der Waals surface area (Å²) in [6.07, 6.45) is 1.57. The van der Waals surface area contributed by atoms with Gasteiger partial charge in [0, 0.05) is 16.6 Å². The molecule has 1 rings (SSSR count). The van der Waals surface area contributed by atoms with E-state index < -0.39 is 0 Å². The van der Waals surface area contributed by atoms with E-state index >= 15 is 0 Å². The van der Waals surface area contributed by atoms with Gasteiger partial charge in [-0.3, -0.25) is 10.1 Å². The molecule has 0 radical (unpaired) electrons. The van der Waals surface area contributed by atoms with Gasteiger partial charge < -0.3 is 0 Å². The van der Waals surface area contributed by atoms with Gasteiger partial charge in [0.2, 0.25) is 5.70 Å². The van der Waals surface area contributed by atoms with Crippen LogP contribution in [0.3, 0.4) is 0 Å². The van der Waals surface area contributed by atoms with E-state index in [0.717, 1.165) is 9.13 Å². The molecule has 3 nitrogen and oxygen atoms in total. The van der Waals surface area contributed by atoms with Crippen LogP contribution in [0.15, 0.2) is 30.0 Å². The Labute approximate surface area is 89.8 Å². The van der Waals surface area contributed by atoms with Crippen LogP contribution < -0.4 is 0 Å². The quantitative estimate of drug-likeness (QED) is 0.477. The summed E-state index contributed by atoms with van der Waals surface area (Å²) in [6, 6.07) is 7.54. The van der Waals surface area contributed by atoms with Gasteiger partial charge in [0.15, 0.2) is 0 Å². The molecule has 0 heterocycles. The number of nitrogens with zero attached hydrogens (tertiary/aromatic N) is 1. The molecule has 68 valence electrons. The highest BCUT2D eigenvalue weighted by atomic mass is 127. The molecule has 0 atom stereocenters. The van der Waals surface area contributed by atoms with Gasteiger partial charge in [-0.15, -0.1) is 0 Å². The number of hydrogen-bond donors (Lipinski definition) is 0. The van der Waals surface area contributed by atoms with Crippen LogP contribution in [0.4, 0.5) is 0 Å². The minimum Gasteiger partial charge on any atom is -0.259 e. The van der Waals surface area contributed by atoms with Crippen molar-refractivity contribution in [3.8, 4) is 0 Å². The summed E-state index contributed by atoms with van der Waals surface area (Å²) in [5, 5.41) is 10.3. The summed E-state index contributed by atoms with van der Waals surface area (Å²) in [6.45, 7) is 1.49. The molecule has 0 aliphatic carbocycles. The molecule has 0 amide bonds. The van der Waals surface area contributed by atoms with E-state index in [1.807, 2.05) is 24.3 Å². The van der Waals surface area contributed by atoms with Gasteiger partial charge in [0.1, 0.15) is 0 Å². The Morgan fingerprint density at radius 3 is 2.69 bits per heavy atom. The monoisotopic (exact) mass is 289 g/mol. The lowest BCUT2D eigenvalue weighted by Gasteiger charge is -1.96. The number of hydrogen-bond acceptors (Lipinski definition) is 2. The van der Waals surface area contributed by atoms with Crippen LogP contribution in [0, 0.1) is 13.7 Å². The predicted octanol–water partition coefficient (Wildman–Crippen LogP) is 2.93. The number of benzene rings is 1. The molecule has 4 heteroatoms. The first-order valence-electron chi connectivity index (χ1n) is 3.68. The second-order valence-corrected chi connectivity index (χ2v) is 3.73. The average molecular weight is 289 g/mol. The maximum absolute atomic E-state index is 10.3. The van der Waals surface area contributed by atoms with Crippen molar-refractivity contribution >= 4 is 28.7 Å². The number of rotatable bonds is 2. The van der Waals surface area contributed by atoms with Gasteiger partial charge >= 0.3 is 0 Å². The lowest BCUT2D eigenvalue weighted by atomic mass is 10.2. The molecule has 0 aliphatic rings. The molecule has 1 aromatic rings. The predicted molar refractivity (Wildman–Crippen MR) is 59.8 cm³/mol. The topological polar surface area (TPSA) is 43.1 Å². The van der Waals surface area contributed by atoms with E-state index in [4.69, 9.17) is 0 Å². The zero-order valence-electron chi connectivity index (χ0n) is 7.03. The Kier molecular flexibility index (Phi) is 3.41. The maximum Gasteiger partial charge on any atom is 0.243 e. The van der Waals surface area contributed by atoms with Gasteiger partial charge in [-0.2, -0.15) is 0 Å². The number of nitro groups is 1. The average Bonchev–Trinajstić information content (AvgIpc) is 2.08.